The van der Waals surface area contributed by atoms with Gasteiger partial charge in [-0.1, -0.05) is 45.8 Å². The third kappa shape index (κ3) is 2.81. The van der Waals surface area contributed by atoms with Crippen LogP contribution in [0.15, 0.2) is 36.4 Å². The summed E-state index contributed by atoms with van der Waals surface area (Å²) in [6.07, 6.45) is 0. The van der Waals surface area contributed by atoms with Crippen molar-refractivity contribution in [3.8, 4) is 5.75 Å². The maximum Gasteiger partial charge on any atom is 0.131 e. The quantitative estimate of drug-likeness (QED) is 0.727. The number of methoxy groups -OCH3 is 1. The summed E-state index contributed by atoms with van der Waals surface area (Å²) in [5.74, 6) is 0.294. The molecular formula is C16H16BrFO. The van der Waals surface area contributed by atoms with Crippen molar-refractivity contribution in [3.05, 3.63) is 64.5 Å². The van der Waals surface area contributed by atoms with Gasteiger partial charge >= 0.3 is 0 Å². The molecule has 1 unspecified atom stereocenters. The smallest absolute Gasteiger partial charge is 0.131 e. The van der Waals surface area contributed by atoms with E-state index in [0.29, 0.717) is 11.3 Å². The van der Waals surface area contributed by atoms with Crippen LogP contribution in [-0.2, 0) is 0 Å². The highest BCUT2D eigenvalue weighted by atomic mass is 79.9. The fraction of sp³-hybridized carbons (Fsp3) is 0.250. The predicted molar refractivity (Wildman–Crippen MR) is 79.6 cm³/mol. The molecule has 2 aromatic rings. The molecule has 1 atom stereocenters. The Labute approximate surface area is 121 Å². The minimum atomic E-state index is -0.263. The van der Waals surface area contributed by atoms with E-state index in [1.165, 1.54) is 11.6 Å². The Morgan fingerprint density at radius 2 is 1.89 bits per heavy atom. The number of rotatable bonds is 3. The Hall–Kier alpha value is -1.35. The summed E-state index contributed by atoms with van der Waals surface area (Å²) in [6, 6.07) is 11.0. The summed E-state index contributed by atoms with van der Waals surface area (Å²) in [5.41, 5.74) is 3.92. The van der Waals surface area contributed by atoms with Crippen LogP contribution in [0.4, 0.5) is 4.39 Å². The van der Waals surface area contributed by atoms with Gasteiger partial charge in [-0.05, 0) is 37.1 Å². The zero-order chi connectivity index (χ0) is 14.0. The number of halogens is 2. The molecule has 0 saturated carbocycles. The normalized spacial score (nSPS) is 12.3. The van der Waals surface area contributed by atoms with Crippen molar-refractivity contribution in [3.63, 3.8) is 0 Å². The lowest BCUT2D eigenvalue weighted by Gasteiger charge is -2.17. The van der Waals surface area contributed by atoms with Gasteiger partial charge in [-0.2, -0.15) is 0 Å². The SMILES string of the molecule is COc1cccc(F)c1C(Br)c1ccc(C)cc1C. The van der Waals surface area contributed by atoms with Crippen LogP contribution in [0.3, 0.4) is 0 Å². The Kier molecular flexibility index (Phi) is 4.25. The minimum Gasteiger partial charge on any atom is -0.496 e. The van der Waals surface area contributed by atoms with Crippen molar-refractivity contribution < 1.29 is 9.13 Å². The van der Waals surface area contributed by atoms with E-state index in [0.717, 1.165) is 11.1 Å². The van der Waals surface area contributed by atoms with Gasteiger partial charge in [-0.3, -0.25) is 0 Å². The topological polar surface area (TPSA) is 9.23 Å². The molecule has 2 aromatic carbocycles. The van der Waals surface area contributed by atoms with Crippen LogP contribution in [0.25, 0.3) is 0 Å². The van der Waals surface area contributed by atoms with Crippen molar-refractivity contribution in [1.82, 2.24) is 0 Å². The van der Waals surface area contributed by atoms with Gasteiger partial charge in [0.1, 0.15) is 11.6 Å². The fourth-order valence-corrected chi connectivity index (χ4v) is 3.16. The number of hydrogen-bond donors (Lipinski definition) is 0. The van der Waals surface area contributed by atoms with Gasteiger partial charge in [0, 0.05) is 5.56 Å². The van der Waals surface area contributed by atoms with E-state index in [9.17, 15) is 4.39 Å². The van der Waals surface area contributed by atoms with Crippen molar-refractivity contribution in [1.29, 1.82) is 0 Å². The highest BCUT2D eigenvalue weighted by molar-refractivity contribution is 9.09. The van der Waals surface area contributed by atoms with Gasteiger partial charge in [0.15, 0.2) is 0 Å². The fourth-order valence-electron chi connectivity index (χ4n) is 2.21. The van der Waals surface area contributed by atoms with E-state index in [-0.39, 0.29) is 10.6 Å². The lowest BCUT2D eigenvalue weighted by molar-refractivity contribution is 0.405. The standard InChI is InChI=1S/C16H16BrFO/c1-10-7-8-12(11(2)9-10)16(17)15-13(18)5-4-6-14(15)19-3/h4-9,16H,1-3H3. The predicted octanol–water partition coefficient (Wildman–Crippen LogP) is 4.94. The molecule has 2 rings (SSSR count). The average Bonchev–Trinajstić information content (AvgIpc) is 2.37. The molecule has 0 aliphatic carbocycles. The molecule has 3 heteroatoms. The molecule has 0 saturated heterocycles. The highest BCUT2D eigenvalue weighted by Gasteiger charge is 2.20. The minimum absolute atomic E-state index is 0.218. The van der Waals surface area contributed by atoms with E-state index in [1.807, 2.05) is 26.0 Å². The molecule has 0 aliphatic rings. The Bertz CT molecular complexity index is 595. The molecule has 0 aromatic heterocycles. The number of aryl methyl sites for hydroxylation is 2. The molecule has 0 amide bonds. The number of hydrogen-bond acceptors (Lipinski definition) is 1. The first-order valence-electron chi connectivity index (χ1n) is 6.08. The van der Waals surface area contributed by atoms with Crippen LogP contribution >= 0.6 is 15.9 Å². The number of ether oxygens (including phenoxy) is 1. The first-order chi connectivity index (χ1) is 9.04. The van der Waals surface area contributed by atoms with E-state index in [1.54, 1.807) is 19.2 Å². The maximum absolute atomic E-state index is 14.1. The lowest BCUT2D eigenvalue weighted by Crippen LogP contribution is -2.02. The van der Waals surface area contributed by atoms with Crippen molar-refractivity contribution in [2.45, 2.75) is 18.7 Å². The summed E-state index contributed by atoms with van der Waals surface area (Å²) in [6.45, 7) is 4.08. The van der Waals surface area contributed by atoms with Crippen LogP contribution in [0.1, 0.15) is 27.1 Å². The average molecular weight is 323 g/mol. The van der Waals surface area contributed by atoms with Gasteiger partial charge in [-0.15, -0.1) is 0 Å². The summed E-state index contributed by atoms with van der Waals surface area (Å²) >= 11 is 3.59. The van der Waals surface area contributed by atoms with Gasteiger partial charge in [-0.25, -0.2) is 4.39 Å². The van der Waals surface area contributed by atoms with Crippen molar-refractivity contribution in [2.24, 2.45) is 0 Å². The molecule has 19 heavy (non-hydrogen) atoms. The third-order valence-corrected chi connectivity index (χ3v) is 4.14. The van der Waals surface area contributed by atoms with E-state index in [2.05, 4.69) is 22.0 Å². The van der Waals surface area contributed by atoms with Gasteiger partial charge in [0.05, 0.1) is 11.9 Å². The molecule has 0 N–H and O–H groups in total. The Balaban J connectivity index is 2.52. The Morgan fingerprint density at radius 3 is 2.53 bits per heavy atom. The van der Waals surface area contributed by atoms with E-state index >= 15 is 0 Å². The molecule has 0 fully saturated rings. The van der Waals surface area contributed by atoms with Crippen LogP contribution in [0, 0.1) is 19.7 Å². The molecule has 100 valence electrons. The van der Waals surface area contributed by atoms with Crippen LogP contribution in [-0.4, -0.2) is 7.11 Å². The van der Waals surface area contributed by atoms with E-state index in [4.69, 9.17) is 4.74 Å². The van der Waals surface area contributed by atoms with Gasteiger partial charge in [0.25, 0.3) is 0 Å². The van der Waals surface area contributed by atoms with Gasteiger partial charge in [0.2, 0.25) is 0 Å². The van der Waals surface area contributed by atoms with Crippen molar-refractivity contribution in [2.75, 3.05) is 7.11 Å². The largest absolute Gasteiger partial charge is 0.496 e. The second-order valence-electron chi connectivity index (χ2n) is 4.58. The van der Waals surface area contributed by atoms with Gasteiger partial charge < -0.3 is 4.74 Å². The zero-order valence-corrected chi connectivity index (χ0v) is 12.8. The summed E-state index contributed by atoms with van der Waals surface area (Å²) in [7, 11) is 1.56. The summed E-state index contributed by atoms with van der Waals surface area (Å²) in [4.78, 5) is -0.218. The molecule has 0 heterocycles. The monoisotopic (exact) mass is 322 g/mol. The highest BCUT2D eigenvalue weighted by Crippen LogP contribution is 2.39. The third-order valence-electron chi connectivity index (χ3n) is 3.18. The zero-order valence-electron chi connectivity index (χ0n) is 11.2. The second-order valence-corrected chi connectivity index (χ2v) is 5.49. The van der Waals surface area contributed by atoms with Crippen LogP contribution in [0.5, 0.6) is 5.75 Å². The first-order valence-corrected chi connectivity index (χ1v) is 6.99. The molecular weight excluding hydrogens is 307 g/mol. The van der Waals surface area contributed by atoms with Crippen LogP contribution in [0.2, 0.25) is 0 Å². The van der Waals surface area contributed by atoms with Crippen LogP contribution < -0.4 is 4.74 Å². The lowest BCUT2D eigenvalue weighted by atomic mass is 9.98. The molecule has 0 spiro atoms. The maximum atomic E-state index is 14.1. The first kappa shape index (κ1) is 14.1. The molecule has 0 bridgehead atoms. The van der Waals surface area contributed by atoms with Crippen molar-refractivity contribution >= 4 is 15.9 Å². The molecule has 0 aliphatic heterocycles. The molecule has 1 nitrogen and oxygen atoms in total. The van der Waals surface area contributed by atoms with E-state index < -0.39 is 0 Å². The second kappa shape index (κ2) is 5.74. The molecule has 0 radical (unpaired) electrons. The number of alkyl halides is 1. The summed E-state index contributed by atoms with van der Waals surface area (Å²) in [5, 5.41) is 0. The number of benzene rings is 2. The Morgan fingerprint density at radius 1 is 1.16 bits per heavy atom. The summed E-state index contributed by atoms with van der Waals surface area (Å²) < 4.78 is 19.3.